The Hall–Kier alpha value is -2.56. The molecule has 0 aliphatic carbocycles. The van der Waals surface area contributed by atoms with Gasteiger partial charge in [0.05, 0.1) is 23.5 Å². The van der Waals surface area contributed by atoms with E-state index in [1.165, 1.54) is 0 Å². The lowest BCUT2D eigenvalue weighted by Gasteiger charge is -2.11. The summed E-state index contributed by atoms with van der Waals surface area (Å²) >= 11 is 0. The summed E-state index contributed by atoms with van der Waals surface area (Å²) in [6.45, 7) is 2.84. The Balaban J connectivity index is 1.99. The first-order valence-corrected chi connectivity index (χ1v) is 6.90. The molecule has 0 aliphatic heterocycles. The third kappa shape index (κ3) is 4.21. The molecule has 0 radical (unpaired) electrons. The summed E-state index contributed by atoms with van der Waals surface area (Å²) in [5.41, 5.74) is 8.90. The molecular weight excluding hydrogens is 266 g/mol. The number of benzene rings is 1. The first kappa shape index (κ1) is 14.8. The minimum Gasteiger partial charge on any atom is -0.462 e. The molecule has 5 nitrogen and oxygen atoms in total. The van der Waals surface area contributed by atoms with Gasteiger partial charge >= 0.3 is 5.97 Å². The summed E-state index contributed by atoms with van der Waals surface area (Å²) in [5.74, 6) is -0.340. The van der Waals surface area contributed by atoms with E-state index in [1.54, 1.807) is 31.3 Å². The van der Waals surface area contributed by atoms with Crippen LogP contribution in [-0.2, 0) is 11.2 Å². The van der Waals surface area contributed by atoms with E-state index in [4.69, 9.17) is 10.5 Å². The lowest BCUT2D eigenvalue weighted by Crippen LogP contribution is -2.10. The zero-order chi connectivity index (χ0) is 15.1. The molecule has 1 heterocycles. The predicted octanol–water partition coefficient (Wildman–Crippen LogP) is 2.50. The number of ether oxygens (including phenoxy) is 1. The Morgan fingerprint density at radius 3 is 2.95 bits per heavy atom. The van der Waals surface area contributed by atoms with Crippen molar-refractivity contribution in [2.75, 3.05) is 24.2 Å². The summed E-state index contributed by atoms with van der Waals surface area (Å²) in [5, 5.41) is 3.24. The number of hydrogen-bond donors (Lipinski definition) is 2. The van der Waals surface area contributed by atoms with Gasteiger partial charge in [-0.15, -0.1) is 0 Å². The largest absolute Gasteiger partial charge is 0.462 e. The van der Waals surface area contributed by atoms with Crippen LogP contribution >= 0.6 is 0 Å². The Morgan fingerprint density at radius 1 is 1.38 bits per heavy atom. The molecule has 0 unspecified atom stereocenters. The van der Waals surface area contributed by atoms with E-state index in [1.807, 2.05) is 18.3 Å². The van der Waals surface area contributed by atoms with Crippen LogP contribution in [0.3, 0.4) is 0 Å². The number of anilines is 2. The molecular formula is C16H19N3O2. The molecule has 21 heavy (non-hydrogen) atoms. The average molecular weight is 285 g/mol. The van der Waals surface area contributed by atoms with Gasteiger partial charge in [0, 0.05) is 18.9 Å². The number of carbonyl (C=O) groups is 1. The van der Waals surface area contributed by atoms with Crippen molar-refractivity contribution in [1.29, 1.82) is 0 Å². The fourth-order valence-electron chi connectivity index (χ4n) is 1.94. The minimum absolute atomic E-state index is 0.340. The highest BCUT2D eigenvalue weighted by atomic mass is 16.5. The molecule has 2 aromatic rings. The third-order valence-corrected chi connectivity index (χ3v) is 3.02. The minimum atomic E-state index is -0.340. The first-order valence-electron chi connectivity index (χ1n) is 6.90. The van der Waals surface area contributed by atoms with E-state index < -0.39 is 0 Å². The molecule has 0 saturated heterocycles. The van der Waals surface area contributed by atoms with Crippen molar-refractivity contribution < 1.29 is 9.53 Å². The van der Waals surface area contributed by atoms with Gasteiger partial charge in [0.1, 0.15) is 0 Å². The number of esters is 1. The normalized spacial score (nSPS) is 10.1. The van der Waals surface area contributed by atoms with Crippen molar-refractivity contribution in [3.8, 4) is 0 Å². The Morgan fingerprint density at radius 2 is 2.24 bits per heavy atom. The number of carbonyl (C=O) groups excluding carboxylic acids is 1. The van der Waals surface area contributed by atoms with Crippen molar-refractivity contribution in [3.63, 3.8) is 0 Å². The highest BCUT2D eigenvalue weighted by molar-refractivity contribution is 5.92. The van der Waals surface area contributed by atoms with Crippen molar-refractivity contribution in [2.45, 2.75) is 13.3 Å². The van der Waals surface area contributed by atoms with E-state index in [2.05, 4.69) is 10.3 Å². The Bertz CT molecular complexity index is 600. The van der Waals surface area contributed by atoms with E-state index >= 15 is 0 Å². The first-order chi connectivity index (χ1) is 10.2. The molecule has 0 aliphatic rings. The van der Waals surface area contributed by atoms with Crippen LogP contribution in [0.2, 0.25) is 0 Å². The highest BCUT2D eigenvalue weighted by Gasteiger charge is 2.09. The van der Waals surface area contributed by atoms with Crippen molar-refractivity contribution in [1.82, 2.24) is 4.98 Å². The zero-order valence-corrected chi connectivity index (χ0v) is 12.0. The van der Waals surface area contributed by atoms with Crippen LogP contribution in [0.1, 0.15) is 22.8 Å². The Kier molecular flexibility index (Phi) is 5.15. The summed E-state index contributed by atoms with van der Waals surface area (Å²) in [4.78, 5) is 15.8. The van der Waals surface area contributed by atoms with E-state index in [0.29, 0.717) is 24.4 Å². The zero-order valence-electron chi connectivity index (χ0n) is 12.0. The molecule has 110 valence electrons. The van der Waals surface area contributed by atoms with Gasteiger partial charge in [0.15, 0.2) is 0 Å². The number of nitrogens with one attached hydrogen (secondary N) is 1. The molecule has 0 saturated carbocycles. The fourth-order valence-corrected chi connectivity index (χ4v) is 1.94. The number of pyridine rings is 1. The summed E-state index contributed by atoms with van der Waals surface area (Å²) in [6, 6.07) is 9.02. The fraction of sp³-hybridized carbons (Fsp3) is 0.250. The molecule has 0 bridgehead atoms. The second kappa shape index (κ2) is 7.28. The lowest BCUT2D eigenvalue weighted by atomic mass is 10.1. The van der Waals surface area contributed by atoms with Crippen LogP contribution in [0.4, 0.5) is 11.4 Å². The van der Waals surface area contributed by atoms with Crippen LogP contribution < -0.4 is 11.1 Å². The maximum absolute atomic E-state index is 11.7. The van der Waals surface area contributed by atoms with Gasteiger partial charge < -0.3 is 15.8 Å². The smallest absolute Gasteiger partial charge is 0.338 e. The van der Waals surface area contributed by atoms with Crippen LogP contribution in [-0.4, -0.2) is 24.1 Å². The highest BCUT2D eigenvalue weighted by Crippen LogP contribution is 2.20. The second-order valence-corrected chi connectivity index (χ2v) is 4.56. The van der Waals surface area contributed by atoms with Crippen molar-refractivity contribution >= 4 is 17.3 Å². The SMILES string of the molecule is CCOC(=O)c1ccc(N)c(NCCc2cccnc2)c1. The molecule has 1 aromatic heterocycles. The number of nitrogens with zero attached hydrogens (tertiary/aromatic N) is 1. The summed E-state index contributed by atoms with van der Waals surface area (Å²) in [6.07, 6.45) is 4.41. The van der Waals surface area contributed by atoms with Crippen LogP contribution in [0, 0.1) is 0 Å². The monoisotopic (exact) mass is 285 g/mol. The number of rotatable bonds is 6. The van der Waals surface area contributed by atoms with E-state index in [0.717, 1.165) is 17.7 Å². The molecule has 0 fully saturated rings. The van der Waals surface area contributed by atoms with Gasteiger partial charge in [-0.05, 0) is 43.2 Å². The van der Waals surface area contributed by atoms with Gasteiger partial charge in [-0.25, -0.2) is 4.79 Å². The second-order valence-electron chi connectivity index (χ2n) is 4.56. The molecule has 2 rings (SSSR count). The topological polar surface area (TPSA) is 77.2 Å². The molecule has 5 heteroatoms. The average Bonchev–Trinajstić information content (AvgIpc) is 2.50. The lowest BCUT2D eigenvalue weighted by molar-refractivity contribution is 0.0526. The summed E-state index contributed by atoms with van der Waals surface area (Å²) < 4.78 is 4.98. The van der Waals surface area contributed by atoms with E-state index in [-0.39, 0.29) is 5.97 Å². The van der Waals surface area contributed by atoms with Crippen molar-refractivity contribution in [2.24, 2.45) is 0 Å². The standard InChI is InChI=1S/C16H19N3O2/c1-2-21-16(20)13-5-6-14(17)15(10-13)19-9-7-12-4-3-8-18-11-12/h3-6,8,10-11,19H,2,7,9,17H2,1H3. The number of aromatic nitrogens is 1. The van der Waals surface area contributed by atoms with Gasteiger partial charge in [-0.1, -0.05) is 6.07 Å². The van der Waals surface area contributed by atoms with Crippen molar-refractivity contribution in [3.05, 3.63) is 53.9 Å². The Labute approximate surface area is 124 Å². The quantitative estimate of drug-likeness (QED) is 0.630. The van der Waals surface area contributed by atoms with Gasteiger partial charge in [-0.3, -0.25) is 4.98 Å². The molecule has 0 amide bonds. The number of nitrogen functional groups attached to an aromatic ring is 1. The molecule has 0 spiro atoms. The molecule has 1 aromatic carbocycles. The maximum Gasteiger partial charge on any atom is 0.338 e. The van der Waals surface area contributed by atoms with Gasteiger partial charge in [0.2, 0.25) is 0 Å². The maximum atomic E-state index is 11.7. The molecule has 0 atom stereocenters. The van der Waals surface area contributed by atoms with Crippen LogP contribution in [0.25, 0.3) is 0 Å². The van der Waals surface area contributed by atoms with Crippen LogP contribution in [0.5, 0.6) is 0 Å². The van der Waals surface area contributed by atoms with E-state index in [9.17, 15) is 4.79 Å². The predicted molar refractivity (Wildman–Crippen MR) is 83.2 cm³/mol. The van der Waals surface area contributed by atoms with Crippen LogP contribution in [0.15, 0.2) is 42.7 Å². The molecule has 3 N–H and O–H groups in total. The van der Waals surface area contributed by atoms with Gasteiger partial charge in [-0.2, -0.15) is 0 Å². The van der Waals surface area contributed by atoms with Gasteiger partial charge in [0.25, 0.3) is 0 Å². The summed E-state index contributed by atoms with van der Waals surface area (Å²) in [7, 11) is 0. The number of nitrogens with two attached hydrogens (primary N) is 1. The number of hydrogen-bond acceptors (Lipinski definition) is 5. The third-order valence-electron chi connectivity index (χ3n) is 3.02.